The smallest absolute Gasteiger partial charge is 0.328 e. The summed E-state index contributed by atoms with van der Waals surface area (Å²) in [5, 5.41) is 0. The van der Waals surface area contributed by atoms with Crippen LogP contribution in [0.25, 0.3) is 0 Å². The number of carbonyl (C=O) groups excluding carboxylic acids is 3. The molecule has 0 atom stereocenters. The average Bonchev–Trinajstić information content (AvgIpc) is 2.56. The second-order valence-electron chi connectivity index (χ2n) is 5.16. The Morgan fingerprint density at radius 3 is 2.00 bits per heavy atom. The zero-order chi connectivity index (χ0) is 18.9. The van der Waals surface area contributed by atoms with Gasteiger partial charge in [-0.2, -0.15) is 0 Å². The molecular weight excluding hydrogens is 331 g/mol. The third-order valence-electron chi connectivity index (χ3n) is 3.57. The fraction of sp³-hybridized carbons (Fsp3) is 0.500. The van der Waals surface area contributed by atoms with Crippen molar-refractivity contribution in [1.82, 2.24) is 0 Å². The van der Waals surface area contributed by atoms with Crippen LogP contribution < -0.4 is 0 Å². The van der Waals surface area contributed by atoms with Gasteiger partial charge in [-0.3, -0.25) is 14.4 Å². The summed E-state index contributed by atoms with van der Waals surface area (Å²) < 4.78 is 28.7. The van der Waals surface area contributed by atoms with Gasteiger partial charge in [-0.25, -0.2) is 4.39 Å². The highest BCUT2D eigenvalue weighted by Crippen LogP contribution is 2.34. The van der Waals surface area contributed by atoms with E-state index in [-0.39, 0.29) is 38.2 Å². The molecule has 1 aromatic rings. The summed E-state index contributed by atoms with van der Waals surface area (Å²) >= 11 is 0. The van der Waals surface area contributed by atoms with E-state index in [1.54, 1.807) is 20.8 Å². The van der Waals surface area contributed by atoms with Gasteiger partial charge in [-0.1, -0.05) is 12.1 Å². The van der Waals surface area contributed by atoms with E-state index < -0.39 is 29.1 Å². The highest BCUT2D eigenvalue weighted by molar-refractivity contribution is 6.06. The largest absolute Gasteiger partial charge is 0.466 e. The zero-order valence-corrected chi connectivity index (χ0v) is 14.7. The van der Waals surface area contributed by atoms with E-state index in [1.165, 1.54) is 18.2 Å². The van der Waals surface area contributed by atoms with E-state index in [0.717, 1.165) is 6.07 Å². The van der Waals surface area contributed by atoms with Crippen molar-refractivity contribution in [3.8, 4) is 0 Å². The van der Waals surface area contributed by atoms with Gasteiger partial charge in [-0.05, 0) is 44.9 Å². The molecule has 6 nitrogen and oxygen atoms in total. The normalized spacial score (nSPS) is 10.9. The van der Waals surface area contributed by atoms with E-state index >= 15 is 0 Å². The number of hydrogen-bond acceptors (Lipinski definition) is 6. The fourth-order valence-electron chi connectivity index (χ4n) is 2.45. The van der Waals surface area contributed by atoms with Gasteiger partial charge >= 0.3 is 17.9 Å². The van der Waals surface area contributed by atoms with Crippen molar-refractivity contribution in [1.29, 1.82) is 0 Å². The van der Waals surface area contributed by atoms with Crippen molar-refractivity contribution >= 4 is 17.9 Å². The molecule has 0 aromatic heterocycles. The molecule has 0 spiro atoms. The molecule has 1 rings (SSSR count). The second kappa shape index (κ2) is 9.76. The molecule has 0 amide bonds. The molecule has 0 bridgehead atoms. The number of hydrogen-bond donors (Lipinski definition) is 0. The molecule has 0 heterocycles. The fourth-order valence-corrected chi connectivity index (χ4v) is 2.45. The monoisotopic (exact) mass is 354 g/mol. The lowest BCUT2D eigenvalue weighted by atomic mass is 9.76. The SMILES string of the molecule is CCOC(=O)CCC(C(=O)OCC)(C(=O)OCC)c1cccc(F)c1. The number of carbonyl (C=O) groups is 3. The van der Waals surface area contributed by atoms with Crippen molar-refractivity contribution in [2.75, 3.05) is 19.8 Å². The Hall–Kier alpha value is -2.44. The average molecular weight is 354 g/mol. The summed E-state index contributed by atoms with van der Waals surface area (Å²) in [6, 6.07) is 5.07. The van der Waals surface area contributed by atoms with E-state index in [0.29, 0.717) is 0 Å². The van der Waals surface area contributed by atoms with Crippen LogP contribution >= 0.6 is 0 Å². The van der Waals surface area contributed by atoms with Gasteiger partial charge in [0, 0.05) is 6.42 Å². The summed E-state index contributed by atoms with van der Waals surface area (Å²) in [5.74, 6) is -2.96. The number of ether oxygens (including phenoxy) is 3. The summed E-state index contributed by atoms with van der Waals surface area (Å²) in [5.41, 5.74) is -1.85. The third kappa shape index (κ3) is 5.01. The first-order valence-electron chi connectivity index (χ1n) is 8.18. The minimum atomic E-state index is -1.93. The van der Waals surface area contributed by atoms with Crippen molar-refractivity contribution in [2.45, 2.75) is 39.0 Å². The minimum absolute atomic E-state index is 0.0225. The molecule has 0 fully saturated rings. The van der Waals surface area contributed by atoms with Gasteiger partial charge in [0.05, 0.1) is 19.8 Å². The van der Waals surface area contributed by atoms with Crippen LogP contribution in [0.1, 0.15) is 39.2 Å². The lowest BCUT2D eigenvalue weighted by Crippen LogP contribution is -2.46. The van der Waals surface area contributed by atoms with Gasteiger partial charge < -0.3 is 14.2 Å². The zero-order valence-electron chi connectivity index (χ0n) is 14.7. The summed E-state index contributed by atoms with van der Waals surface area (Å²) in [4.78, 5) is 37.1. The number of esters is 3. The van der Waals surface area contributed by atoms with Crippen molar-refractivity contribution in [3.05, 3.63) is 35.6 Å². The number of halogens is 1. The van der Waals surface area contributed by atoms with Crippen molar-refractivity contribution in [2.24, 2.45) is 0 Å². The van der Waals surface area contributed by atoms with Gasteiger partial charge in [-0.15, -0.1) is 0 Å². The van der Waals surface area contributed by atoms with Crippen LogP contribution in [0.3, 0.4) is 0 Å². The standard InChI is InChI=1S/C18H23FO6/c1-4-23-15(20)10-11-18(16(21)24-5-2,17(22)25-6-3)13-8-7-9-14(19)12-13/h7-9,12H,4-6,10-11H2,1-3H3. The van der Waals surface area contributed by atoms with Crippen LogP contribution in [0.15, 0.2) is 24.3 Å². The maximum absolute atomic E-state index is 13.7. The van der Waals surface area contributed by atoms with Crippen LogP contribution in [0.5, 0.6) is 0 Å². The Morgan fingerprint density at radius 2 is 1.52 bits per heavy atom. The molecule has 0 radical (unpaired) electrons. The summed E-state index contributed by atoms with van der Waals surface area (Å²) in [7, 11) is 0. The van der Waals surface area contributed by atoms with E-state index in [9.17, 15) is 18.8 Å². The summed E-state index contributed by atoms with van der Waals surface area (Å²) in [6.07, 6.45) is -0.463. The molecule has 25 heavy (non-hydrogen) atoms. The Kier molecular flexibility index (Phi) is 8.04. The van der Waals surface area contributed by atoms with Crippen LogP contribution in [0, 0.1) is 5.82 Å². The Balaban J connectivity index is 3.38. The number of rotatable bonds is 9. The van der Waals surface area contributed by atoms with E-state index in [1.807, 2.05) is 0 Å². The van der Waals surface area contributed by atoms with Gasteiger partial charge in [0.2, 0.25) is 0 Å². The predicted molar refractivity (Wildman–Crippen MR) is 87.2 cm³/mol. The van der Waals surface area contributed by atoms with Gasteiger partial charge in [0.1, 0.15) is 5.82 Å². The molecule has 0 aliphatic heterocycles. The highest BCUT2D eigenvalue weighted by atomic mass is 19.1. The Bertz CT molecular complexity index is 595. The van der Waals surface area contributed by atoms with E-state index in [2.05, 4.69) is 0 Å². The molecule has 0 N–H and O–H groups in total. The first-order valence-corrected chi connectivity index (χ1v) is 8.18. The molecular formula is C18H23FO6. The topological polar surface area (TPSA) is 78.9 Å². The number of benzene rings is 1. The molecule has 138 valence electrons. The Labute approximate surface area is 146 Å². The molecule has 0 saturated heterocycles. The predicted octanol–water partition coefficient (Wildman–Crippen LogP) is 2.53. The van der Waals surface area contributed by atoms with Crippen molar-refractivity contribution < 1.29 is 33.0 Å². The first kappa shape index (κ1) is 20.6. The minimum Gasteiger partial charge on any atom is -0.466 e. The van der Waals surface area contributed by atoms with Crippen molar-refractivity contribution in [3.63, 3.8) is 0 Å². The molecule has 7 heteroatoms. The van der Waals surface area contributed by atoms with E-state index in [4.69, 9.17) is 14.2 Å². The molecule has 1 aromatic carbocycles. The molecule has 0 unspecified atom stereocenters. The third-order valence-corrected chi connectivity index (χ3v) is 3.57. The maximum Gasteiger partial charge on any atom is 0.328 e. The molecule has 0 aliphatic rings. The lowest BCUT2D eigenvalue weighted by Gasteiger charge is -2.29. The quantitative estimate of drug-likeness (QED) is 0.385. The van der Waals surface area contributed by atoms with Crippen LogP contribution in [-0.2, 0) is 34.0 Å². The van der Waals surface area contributed by atoms with Crippen LogP contribution in [-0.4, -0.2) is 37.7 Å². The van der Waals surface area contributed by atoms with Crippen LogP contribution in [0.2, 0.25) is 0 Å². The maximum atomic E-state index is 13.7. The first-order chi connectivity index (χ1) is 11.9. The Morgan fingerprint density at radius 1 is 0.960 bits per heavy atom. The van der Waals surface area contributed by atoms with Gasteiger partial charge in [0.15, 0.2) is 5.41 Å². The summed E-state index contributed by atoms with van der Waals surface area (Å²) in [6.45, 7) is 5.04. The molecule has 0 saturated carbocycles. The lowest BCUT2D eigenvalue weighted by molar-refractivity contribution is -0.165. The highest BCUT2D eigenvalue weighted by Gasteiger charge is 2.50. The molecule has 0 aliphatic carbocycles. The van der Waals surface area contributed by atoms with Gasteiger partial charge in [0.25, 0.3) is 0 Å². The van der Waals surface area contributed by atoms with Crippen LogP contribution in [0.4, 0.5) is 4.39 Å². The second-order valence-corrected chi connectivity index (χ2v) is 5.16.